The molecule has 2 heterocycles. The number of amides is 2. The molecule has 2 aromatic heterocycles. The monoisotopic (exact) mass is 592 g/mol. The van der Waals surface area contributed by atoms with Gasteiger partial charge in [0.25, 0.3) is 11.4 Å². The molecule has 0 saturated heterocycles. The molecule has 2 rings (SSSR count). The Morgan fingerprint density at radius 1 is 0.610 bits per heavy atom. The number of carboxylic acid groups (broad SMARTS) is 1. The zero-order valence-electron chi connectivity index (χ0n) is 25.5. The number of aromatic nitrogens is 2. The quantitative estimate of drug-likeness (QED) is 0.199. The molecule has 2 aromatic rings. The van der Waals surface area contributed by atoms with Gasteiger partial charge in [-0.3, -0.25) is 9.59 Å². The lowest BCUT2D eigenvalue weighted by molar-refractivity contribution is -0.673. The van der Waals surface area contributed by atoms with Gasteiger partial charge in [0.2, 0.25) is 0 Å². The van der Waals surface area contributed by atoms with Crippen LogP contribution in [-0.2, 0) is 18.9 Å². The summed E-state index contributed by atoms with van der Waals surface area (Å²) in [7, 11) is 3.56. The molecule has 0 atom stereocenters. The number of pyridine rings is 2. The van der Waals surface area contributed by atoms with E-state index in [-0.39, 0.29) is 18.8 Å². The number of aliphatic carboxylic acids is 1. The minimum atomic E-state index is -0.903. The molecule has 0 saturated carbocycles. The van der Waals surface area contributed by atoms with Gasteiger partial charge in [0.1, 0.15) is 14.1 Å². The third-order valence-corrected chi connectivity index (χ3v) is 6.60. The molecule has 0 fully saturated rings. The summed E-state index contributed by atoms with van der Waals surface area (Å²) in [6.45, 7) is 2.27. The Kier molecular flexibility index (Phi) is 26.6. The lowest BCUT2D eigenvalue weighted by atomic mass is 10.0. The van der Waals surface area contributed by atoms with E-state index in [1.807, 2.05) is 12.1 Å². The Morgan fingerprint density at radius 3 is 1.17 bits per heavy atom. The fourth-order valence-corrected chi connectivity index (χ4v) is 4.20. The van der Waals surface area contributed by atoms with E-state index in [4.69, 9.17) is 11.5 Å². The number of halogens is 1. The number of hydrogen-bond donors (Lipinski definition) is 2. The summed E-state index contributed by atoms with van der Waals surface area (Å²) >= 11 is 0. The minimum Gasteiger partial charge on any atom is -1.00 e. The number of rotatable bonds is 18. The molecule has 2 amide bonds. The van der Waals surface area contributed by atoms with E-state index in [9.17, 15) is 19.5 Å². The van der Waals surface area contributed by atoms with Crippen molar-refractivity contribution in [2.24, 2.45) is 25.6 Å². The molecule has 0 radical (unpaired) electrons. The molecule has 0 aliphatic rings. The Hall–Kier alpha value is -3.00. The number of carbonyl (C=O) groups excluding carboxylic acids is 3. The highest BCUT2D eigenvalue weighted by Gasteiger charge is 2.10. The zero-order chi connectivity index (χ0) is 30.0. The van der Waals surface area contributed by atoms with Crippen LogP contribution in [0.1, 0.15) is 131 Å². The van der Waals surface area contributed by atoms with Crippen LogP contribution in [0.5, 0.6) is 0 Å². The van der Waals surface area contributed by atoms with Crippen molar-refractivity contribution in [1.29, 1.82) is 0 Å². The highest BCUT2D eigenvalue weighted by molar-refractivity contribution is 5.89. The topological polar surface area (TPSA) is 134 Å². The Bertz CT molecular complexity index is 917. The summed E-state index contributed by atoms with van der Waals surface area (Å²) in [5, 5.41) is 10.2. The van der Waals surface area contributed by atoms with E-state index in [0.717, 1.165) is 12.8 Å². The van der Waals surface area contributed by atoms with Gasteiger partial charge in [0.05, 0.1) is 0 Å². The second-order valence-electron chi connectivity index (χ2n) is 10.2. The summed E-state index contributed by atoms with van der Waals surface area (Å²) in [4.78, 5) is 31.5. The van der Waals surface area contributed by atoms with E-state index in [1.165, 1.54) is 83.5 Å². The van der Waals surface area contributed by atoms with Gasteiger partial charge < -0.3 is 33.8 Å². The largest absolute Gasteiger partial charge is 1.00 e. The SMILES string of the molecule is CCCCCCCCCCCCCCCCCC(=O)[O-].C[n+]1ccccc1C(N)=O.C[n+]1ccccc1C(N)=O.[Cl-]. The van der Waals surface area contributed by atoms with E-state index in [1.54, 1.807) is 59.9 Å². The highest BCUT2D eigenvalue weighted by atomic mass is 35.5. The Labute approximate surface area is 253 Å². The van der Waals surface area contributed by atoms with Crippen molar-refractivity contribution in [3.05, 3.63) is 60.2 Å². The Balaban J connectivity index is 0. The first-order valence-electron chi connectivity index (χ1n) is 14.9. The predicted octanol–water partition coefficient (Wildman–Crippen LogP) is 1.22. The molecule has 0 spiro atoms. The molecule has 0 aliphatic carbocycles. The Morgan fingerprint density at radius 2 is 0.927 bits per heavy atom. The van der Waals surface area contributed by atoms with E-state index in [0.29, 0.717) is 11.4 Å². The van der Waals surface area contributed by atoms with Crippen molar-refractivity contribution in [3.63, 3.8) is 0 Å². The lowest BCUT2D eigenvalue weighted by Gasteiger charge is -2.04. The molecule has 232 valence electrons. The van der Waals surface area contributed by atoms with Gasteiger partial charge in [-0.05, 0) is 25.0 Å². The number of carbonyl (C=O) groups is 3. The van der Waals surface area contributed by atoms with E-state index < -0.39 is 17.8 Å². The standard InChI is InChI=1S/C18H36O2.2C7H8N2O.ClH/c1-2-3-4-5-6-7-8-9-10-11-12-13-14-15-16-17-18(19)20;2*1-9-5-3-2-4-6(9)7(8)10;/h2-17H2,1H3,(H,19,20);2*2-5H,1H3,(H-,8,10);1H. The number of aryl methyl sites for hydroxylation is 2. The molecule has 0 aromatic carbocycles. The number of hydrogen-bond acceptors (Lipinski definition) is 4. The van der Waals surface area contributed by atoms with Gasteiger partial charge in [0, 0.05) is 30.2 Å². The smallest absolute Gasteiger partial charge is 0.313 e. The second kappa shape index (κ2) is 27.2. The van der Waals surface area contributed by atoms with Gasteiger partial charge in [-0.25, -0.2) is 0 Å². The first kappa shape index (κ1) is 40.1. The van der Waals surface area contributed by atoms with Crippen LogP contribution in [0.25, 0.3) is 0 Å². The van der Waals surface area contributed by atoms with Crippen LogP contribution in [0.3, 0.4) is 0 Å². The van der Waals surface area contributed by atoms with Gasteiger partial charge in [-0.15, -0.1) is 0 Å². The van der Waals surface area contributed by atoms with Crippen molar-refractivity contribution in [1.82, 2.24) is 0 Å². The number of nitrogens with zero attached hydrogens (tertiary/aromatic N) is 2. The molecule has 8 nitrogen and oxygen atoms in total. The maximum Gasteiger partial charge on any atom is 0.313 e. The van der Waals surface area contributed by atoms with Crippen molar-refractivity contribution < 1.29 is 41.0 Å². The fraction of sp³-hybridized carbons (Fsp3) is 0.594. The summed E-state index contributed by atoms with van der Waals surface area (Å²) in [6.07, 6.45) is 23.4. The van der Waals surface area contributed by atoms with Gasteiger partial charge in [-0.1, -0.05) is 96.8 Å². The zero-order valence-corrected chi connectivity index (χ0v) is 26.2. The van der Waals surface area contributed by atoms with Crippen LogP contribution in [0.15, 0.2) is 48.8 Å². The van der Waals surface area contributed by atoms with Gasteiger partial charge >= 0.3 is 11.8 Å². The van der Waals surface area contributed by atoms with Crippen LogP contribution < -0.4 is 38.1 Å². The summed E-state index contributed by atoms with van der Waals surface area (Å²) in [6, 6.07) is 10.6. The fourth-order valence-electron chi connectivity index (χ4n) is 4.20. The third kappa shape index (κ3) is 23.4. The number of unbranched alkanes of at least 4 members (excludes halogenated alkanes) is 14. The van der Waals surface area contributed by atoms with Crippen LogP contribution in [-0.4, -0.2) is 17.8 Å². The first-order chi connectivity index (χ1) is 19.2. The van der Waals surface area contributed by atoms with Crippen molar-refractivity contribution >= 4 is 17.8 Å². The second-order valence-corrected chi connectivity index (χ2v) is 10.2. The minimum absolute atomic E-state index is 0. The molecule has 9 heteroatoms. The molecular formula is C32H53ClN4O4. The van der Waals surface area contributed by atoms with Gasteiger partial charge in [-0.2, -0.15) is 9.13 Å². The summed E-state index contributed by atoms with van der Waals surface area (Å²) in [5.74, 6) is -1.70. The molecular weight excluding hydrogens is 540 g/mol. The predicted molar refractivity (Wildman–Crippen MR) is 157 cm³/mol. The van der Waals surface area contributed by atoms with Crippen molar-refractivity contribution in [2.75, 3.05) is 0 Å². The van der Waals surface area contributed by atoms with E-state index in [2.05, 4.69) is 6.92 Å². The van der Waals surface area contributed by atoms with Crippen LogP contribution in [0, 0.1) is 0 Å². The number of nitrogens with two attached hydrogens (primary N) is 2. The van der Waals surface area contributed by atoms with Crippen LogP contribution >= 0.6 is 0 Å². The maximum absolute atomic E-state index is 10.6. The first-order valence-corrected chi connectivity index (χ1v) is 14.9. The van der Waals surface area contributed by atoms with Crippen molar-refractivity contribution in [2.45, 2.75) is 110 Å². The highest BCUT2D eigenvalue weighted by Crippen LogP contribution is 2.13. The number of carboxylic acids is 1. The molecule has 4 N–H and O–H groups in total. The average Bonchev–Trinajstić information content (AvgIpc) is 2.91. The molecule has 0 aliphatic heterocycles. The van der Waals surface area contributed by atoms with Crippen molar-refractivity contribution in [3.8, 4) is 0 Å². The molecule has 0 unspecified atom stereocenters. The maximum atomic E-state index is 10.6. The van der Waals surface area contributed by atoms with Gasteiger partial charge in [0.15, 0.2) is 12.4 Å². The third-order valence-electron chi connectivity index (χ3n) is 6.60. The lowest BCUT2D eigenvalue weighted by Crippen LogP contribution is -3.00. The summed E-state index contributed by atoms with van der Waals surface area (Å²) in [5.41, 5.74) is 11.1. The average molecular weight is 593 g/mol. The van der Waals surface area contributed by atoms with E-state index >= 15 is 0 Å². The molecule has 41 heavy (non-hydrogen) atoms. The summed E-state index contributed by atoms with van der Waals surface area (Å²) < 4.78 is 3.37. The van der Waals surface area contributed by atoms with Crippen LogP contribution in [0.2, 0.25) is 0 Å². The van der Waals surface area contributed by atoms with Crippen LogP contribution in [0.4, 0.5) is 0 Å². The molecule has 0 bridgehead atoms. The normalized spacial score (nSPS) is 9.83. The number of primary amides is 2.